The third-order valence-electron chi connectivity index (χ3n) is 3.72. The zero-order valence-corrected chi connectivity index (χ0v) is 11.6. The summed E-state index contributed by atoms with van der Waals surface area (Å²) >= 11 is 0. The first-order valence-electron chi connectivity index (χ1n) is 7.13. The van der Waals surface area contributed by atoms with Gasteiger partial charge in [-0.15, -0.1) is 0 Å². The number of amides is 1. The van der Waals surface area contributed by atoms with Gasteiger partial charge in [0.2, 0.25) is 0 Å². The monoisotopic (exact) mass is 282 g/mol. The van der Waals surface area contributed by atoms with Crippen LogP contribution in [0.5, 0.6) is 0 Å². The van der Waals surface area contributed by atoms with Gasteiger partial charge < -0.3 is 10.6 Å². The summed E-state index contributed by atoms with van der Waals surface area (Å²) in [5.74, 6) is -1.21. The molecule has 0 radical (unpaired) electrons. The Hall–Kier alpha value is -1.65. The molecule has 110 valence electrons. The van der Waals surface area contributed by atoms with E-state index >= 15 is 0 Å². The van der Waals surface area contributed by atoms with Crippen LogP contribution < -0.4 is 10.6 Å². The molecule has 0 spiro atoms. The highest BCUT2D eigenvalue weighted by atomic mass is 19.1. The van der Waals surface area contributed by atoms with Crippen LogP contribution in [0.3, 0.4) is 0 Å². The molecule has 5 heteroatoms. The number of anilines is 1. The molecule has 3 nitrogen and oxygen atoms in total. The van der Waals surface area contributed by atoms with Crippen LogP contribution in [0.25, 0.3) is 0 Å². The number of nitrogens with one attached hydrogen (secondary N) is 2. The molecule has 1 fully saturated rings. The number of rotatable bonds is 6. The van der Waals surface area contributed by atoms with Crippen LogP contribution in [0.15, 0.2) is 12.1 Å². The first kappa shape index (κ1) is 14.8. The SMILES string of the molecule is CCNc1c(F)cc(C(=O)NCCC2CCC2)cc1F. The number of carbonyl (C=O) groups is 1. The normalized spacial score (nSPS) is 14.8. The van der Waals surface area contributed by atoms with Gasteiger partial charge in [0.15, 0.2) is 0 Å². The fourth-order valence-corrected chi connectivity index (χ4v) is 2.32. The largest absolute Gasteiger partial charge is 0.381 e. The summed E-state index contributed by atoms with van der Waals surface area (Å²) in [6.45, 7) is 2.72. The standard InChI is InChI=1S/C15H20F2N2O/c1-2-18-14-12(16)8-11(9-13(14)17)15(20)19-7-6-10-4-3-5-10/h8-10,18H,2-7H2,1H3,(H,19,20). The van der Waals surface area contributed by atoms with Gasteiger partial charge in [0.1, 0.15) is 17.3 Å². The van der Waals surface area contributed by atoms with E-state index in [1.165, 1.54) is 19.3 Å². The predicted octanol–water partition coefficient (Wildman–Crippen LogP) is 3.32. The first-order chi connectivity index (χ1) is 9.61. The van der Waals surface area contributed by atoms with Gasteiger partial charge >= 0.3 is 0 Å². The highest BCUT2D eigenvalue weighted by Gasteiger charge is 2.18. The van der Waals surface area contributed by atoms with Gasteiger partial charge in [-0.1, -0.05) is 19.3 Å². The minimum absolute atomic E-state index is 0.0234. The fourth-order valence-electron chi connectivity index (χ4n) is 2.32. The van der Waals surface area contributed by atoms with Gasteiger partial charge in [-0.05, 0) is 31.4 Å². The summed E-state index contributed by atoms with van der Waals surface area (Å²) in [6.07, 6.45) is 4.64. The van der Waals surface area contributed by atoms with Crippen molar-refractivity contribution in [3.8, 4) is 0 Å². The summed E-state index contributed by atoms with van der Waals surface area (Å²) < 4.78 is 27.4. The van der Waals surface area contributed by atoms with Crippen molar-refractivity contribution < 1.29 is 13.6 Å². The fraction of sp³-hybridized carbons (Fsp3) is 0.533. The third kappa shape index (κ3) is 3.46. The minimum atomic E-state index is -0.740. The van der Waals surface area contributed by atoms with Gasteiger partial charge in [0.05, 0.1) is 0 Å². The van der Waals surface area contributed by atoms with E-state index in [0.29, 0.717) is 19.0 Å². The van der Waals surface area contributed by atoms with E-state index < -0.39 is 17.5 Å². The van der Waals surface area contributed by atoms with Crippen molar-refractivity contribution in [1.29, 1.82) is 0 Å². The maximum atomic E-state index is 13.7. The molecule has 2 rings (SSSR count). The van der Waals surface area contributed by atoms with E-state index in [1.807, 2.05) is 0 Å². The van der Waals surface area contributed by atoms with Crippen LogP contribution in [0.1, 0.15) is 43.0 Å². The van der Waals surface area contributed by atoms with E-state index in [0.717, 1.165) is 18.6 Å². The highest BCUT2D eigenvalue weighted by molar-refractivity contribution is 5.94. The van der Waals surface area contributed by atoms with Crippen LogP contribution in [-0.2, 0) is 0 Å². The average Bonchev–Trinajstić information content (AvgIpc) is 2.36. The molecule has 1 aromatic carbocycles. The lowest BCUT2D eigenvalue weighted by molar-refractivity contribution is 0.0948. The number of hydrogen-bond donors (Lipinski definition) is 2. The molecule has 1 saturated carbocycles. The summed E-state index contributed by atoms with van der Waals surface area (Å²) in [7, 11) is 0. The lowest BCUT2D eigenvalue weighted by atomic mass is 9.83. The van der Waals surface area contributed by atoms with Gasteiger partial charge in [-0.3, -0.25) is 4.79 Å². The van der Waals surface area contributed by atoms with Gasteiger partial charge in [-0.25, -0.2) is 8.78 Å². The molecule has 0 aromatic heterocycles. The summed E-state index contributed by atoms with van der Waals surface area (Å²) in [4.78, 5) is 11.8. The Morgan fingerprint density at radius 3 is 2.45 bits per heavy atom. The third-order valence-corrected chi connectivity index (χ3v) is 3.72. The first-order valence-corrected chi connectivity index (χ1v) is 7.13. The maximum absolute atomic E-state index is 13.7. The maximum Gasteiger partial charge on any atom is 0.251 e. The van der Waals surface area contributed by atoms with Crippen LogP contribution in [-0.4, -0.2) is 19.0 Å². The topological polar surface area (TPSA) is 41.1 Å². The van der Waals surface area contributed by atoms with Crippen molar-refractivity contribution in [2.75, 3.05) is 18.4 Å². The number of hydrogen-bond acceptors (Lipinski definition) is 2. The number of halogens is 2. The molecule has 0 heterocycles. The van der Waals surface area contributed by atoms with Gasteiger partial charge in [-0.2, -0.15) is 0 Å². The minimum Gasteiger partial charge on any atom is -0.381 e. The molecule has 20 heavy (non-hydrogen) atoms. The van der Waals surface area contributed by atoms with Crippen LogP contribution in [0.2, 0.25) is 0 Å². The molecular formula is C15H20F2N2O. The van der Waals surface area contributed by atoms with Crippen molar-refractivity contribution in [3.63, 3.8) is 0 Å². The summed E-state index contributed by atoms with van der Waals surface area (Å²) in [5, 5.41) is 5.31. The Balaban J connectivity index is 1.94. The number of carbonyl (C=O) groups excluding carboxylic acids is 1. The van der Waals surface area contributed by atoms with E-state index in [2.05, 4.69) is 10.6 Å². The lowest BCUT2D eigenvalue weighted by Crippen LogP contribution is -2.27. The second kappa shape index (κ2) is 6.68. The Labute approximate surface area is 117 Å². The molecule has 1 aliphatic rings. The molecule has 0 saturated heterocycles. The molecule has 0 aliphatic heterocycles. The van der Waals surface area contributed by atoms with Crippen molar-refractivity contribution in [2.24, 2.45) is 5.92 Å². The Morgan fingerprint density at radius 1 is 1.30 bits per heavy atom. The Bertz CT molecular complexity index is 464. The van der Waals surface area contributed by atoms with Gasteiger partial charge in [0, 0.05) is 18.7 Å². The van der Waals surface area contributed by atoms with Crippen molar-refractivity contribution in [1.82, 2.24) is 5.32 Å². The molecule has 0 bridgehead atoms. The summed E-state index contributed by atoms with van der Waals surface area (Å²) in [6, 6.07) is 2.14. The zero-order chi connectivity index (χ0) is 14.5. The molecule has 1 amide bonds. The van der Waals surface area contributed by atoms with Crippen molar-refractivity contribution in [3.05, 3.63) is 29.3 Å². The van der Waals surface area contributed by atoms with E-state index in [4.69, 9.17) is 0 Å². The van der Waals surface area contributed by atoms with Gasteiger partial charge in [0.25, 0.3) is 5.91 Å². The summed E-state index contributed by atoms with van der Waals surface area (Å²) in [5.41, 5.74) is -0.159. The highest BCUT2D eigenvalue weighted by Crippen LogP contribution is 2.28. The Kier molecular flexibility index (Phi) is 4.93. The van der Waals surface area contributed by atoms with E-state index in [-0.39, 0.29) is 11.3 Å². The molecule has 2 N–H and O–H groups in total. The van der Waals surface area contributed by atoms with Crippen LogP contribution >= 0.6 is 0 Å². The Morgan fingerprint density at radius 2 is 1.95 bits per heavy atom. The van der Waals surface area contributed by atoms with E-state index in [1.54, 1.807) is 6.92 Å². The second-order valence-corrected chi connectivity index (χ2v) is 5.19. The zero-order valence-electron chi connectivity index (χ0n) is 11.6. The molecule has 1 aliphatic carbocycles. The smallest absolute Gasteiger partial charge is 0.251 e. The van der Waals surface area contributed by atoms with Crippen LogP contribution in [0.4, 0.5) is 14.5 Å². The quantitative estimate of drug-likeness (QED) is 0.840. The average molecular weight is 282 g/mol. The molecular weight excluding hydrogens is 262 g/mol. The lowest BCUT2D eigenvalue weighted by Gasteiger charge is -2.25. The molecule has 0 atom stereocenters. The van der Waals surface area contributed by atoms with Crippen molar-refractivity contribution >= 4 is 11.6 Å². The van der Waals surface area contributed by atoms with E-state index in [9.17, 15) is 13.6 Å². The second-order valence-electron chi connectivity index (χ2n) is 5.19. The molecule has 1 aromatic rings. The number of benzene rings is 1. The molecule has 0 unspecified atom stereocenters. The van der Waals surface area contributed by atoms with Crippen LogP contribution in [0, 0.1) is 17.6 Å². The predicted molar refractivity (Wildman–Crippen MR) is 74.8 cm³/mol. The van der Waals surface area contributed by atoms with Crippen molar-refractivity contribution in [2.45, 2.75) is 32.6 Å².